The Morgan fingerprint density at radius 1 is 1.14 bits per heavy atom. The summed E-state index contributed by atoms with van der Waals surface area (Å²) >= 11 is 6.32. The third-order valence-corrected chi connectivity index (χ3v) is 4.85. The van der Waals surface area contributed by atoms with E-state index in [0.717, 1.165) is 12.1 Å². The molecule has 4 rings (SSSR count). The highest BCUT2D eigenvalue weighted by molar-refractivity contribution is 6.33. The van der Waals surface area contributed by atoms with E-state index in [0.29, 0.717) is 27.5 Å². The number of hydrogen-bond acceptors (Lipinski definition) is 3. The average Bonchev–Trinajstić information content (AvgIpc) is 2.96. The van der Waals surface area contributed by atoms with Crippen LogP contribution in [0.5, 0.6) is 0 Å². The molecule has 2 aromatic carbocycles. The predicted molar refractivity (Wildman–Crippen MR) is 110 cm³/mol. The van der Waals surface area contributed by atoms with Gasteiger partial charge in [0.15, 0.2) is 5.65 Å². The van der Waals surface area contributed by atoms with Crippen molar-refractivity contribution in [2.75, 3.05) is 5.32 Å². The highest BCUT2D eigenvalue weighted by Crippen LogP contribution is 2.30. The van der Waals surface area contributed by atoms with Crippen molar-refractivity contribution in [3.05, 3.63) is 81.9 Å². The Morgan fingerprint density at radius 2 is 1.90 bits per heavy atom. The van der Waals surface area contributed by atoms with Crippen molar-refractivity contribution < 1.29 is 8.78 Å². The SMILES string of the molecule is CC(C)n1c(=O)c(-c2ccccc2Cl)c2ncc(Nc3ccc(F)cc3F)cn21. The van der Waals surface area contributed by atoms with Crippen molar-refractivity contribution in [3.63, 3.8) is 0 Å². The molecule has 4 aromatic rings. The van der Waals surface area contributed by atoms with Gasteiger partial charge in [-0.25, -0.2) is 23.0 Å². The minimum atomic E-state index is -0.726. The first-order chi connectivity index (χ1) is 13.9. The summed E-state index contributed by atoms with van der Waals surface area (Å²) < 4.78 is 30.3. The van der Waals surface area contributed by atoms with E-state index >= 15 is 0 Å². The van der Waals surface area contributed by atoms with Crippen LogP contribution in [0.4, 0.5) is 20.2 Å². The molecule has 29 heavy (non-hydrogen) atoms. The van der Waals surface area contributed by atoms with E-state index in [1.807, 2.05) is 13.8 Å². The Bertz CT molecular complexity index is 1280. The number of anilines is 2. The van der Waals surface area contributed by atoms with E-state index in [9.17, 15) is 13.6 Å². The van der Waals surface area contributed by atoms with Gasteiger partial charge in [0, 0.05) is 22.7 Å². The van der Waals surface area contributed by atoms with E-state index in [1.54, 1.807) is 39.7 Å². The number of hydrogen-bond donors (Lipinski definition) is 1. The quantitative estimate of drug-likeness (QED) is 0.485. The molecule has 2 aromatic heterocycles. The fourth-order valence-corrected chi connectivity index (χ4v) is 3.49. The van der Waals surface area contributed by atoms with Gasteiger partial charge in [0.1, 0.15) is 11.6 Å². The normalized spacial score (nSPS) is 11.4. The van der Waals surface area contributed by atoms with Gasteiger partial charge in [0.2, 0.25) is 0 Å². The highest BCUT2D eigenvalue weighted by Gasteiger charge is 2.21. The van der Waals surface area contributed by atoms with E-state index in [4.69, 9.17) is 11.6 Å². The highest BCUT2D eigenvalue weighted by atomic mass is 35.5. The van der Waals surface area contributed by atoms with Crippen molar-refractivity contribution in [1.82, 2.24) is 14.2 Å². The second-order valence-corrected chi connectivity index (χ2v) is 7.27. The Labute approximate surface area is 170 Å². The zero-order chi connectivity index (χ0) is 20.7. The minimum Gasteiger partial charge on any atom is -0.351 e. The molecule has 0 bridgehead atoms. The van der Waals surface area contributed by atoms with Gasteiger partial charge in [-0.15, -0.1) is 0 Å². The van der Waals surface area contributed by atoms with Crippen molar-refractivity contribution in [2.24, 2.45) is 0 Å². The zero-order valence-electron chi connectivity index (χ0n) is 15.7. The maximum absolute atomic E-state index is 14.0. The Morgan fingerprint density at radius 3 is 2.59 bits per heavy atom. The van der Waals surface area contributed by atoms with E-state index in [1.165, 1.54) is 12.3 Å². The van der Waals surface area contributed by atoms with Crippen molar-refractivity contribution >= 4 is 28.6 Å². The van der Waals surface area contributed by atoms with E-state index in [-0.39, 0.29) is 17.3 Å². The summed E-state index contributed by atoms with van der Waals surface area (Å²) in [5.41, 5.74) is 1.73. The molecule has 1 N–H and O–H groups in total. The van der Waals surface area contributed by atoms with Gasteiger partial charge in [0.25, 0.3) is 5.56 Å². The molecule has 0 unspecified atom stereocenters. The lowest BCUT2D eigenvalue weighted by Gasteiger charge is -2.12. The topological polar surface area (TPSA) is 51.3 Å². The molecule has 148 valence electrons. The third-order valence-electron chi connectivity index (χ3n) is 4.52. The second-order valence-electron chi connectivity index (χ2n) is 6.86. The molecule has 0 aliphatic heterocycles. The molecule has 0 saturated heterocycles. The number of halogens is 3. The molecule has 0 atom stereocenters. The van der Waals surface area contributed by atoms with Crippen LogP contribution in [-0.2, 0) is 0 Å². The lowest BCUT2D eigenvalue weighted by Crippen LogP contribution is -2.22. The Balaban J connectivity index is 1.90. The van der Waals surface area contributed by atoms with Crippen LogP contribution >= 0.6 is 11.6 Å². The van der Waals surface area contributed by atoms with Gasteiger partial charge in [-0.2, -0.15) is 0 Å². The van der Waals surface area contributed by atoms with Crippen molar-refractivity contribution in [1.29, 1.82) is 0 Å². The third kappa shape index (κ3) is 3.38. The maximum Gasteiger partial charge on any atom is 0.277 e. The van der Waals surface area contributed by atoms with E-state index in [2.05, 4.69) is 10.3 Å². The maximum atomic E-state index is 14.0. The summed E-state index contributed by atoms with van der Waals surface area (Å²) in [6, 6.07) is 10.2. The second kappa shape index (κ2) is 7.33. The van der Waals surface area contributed by atoms with Gasteiger partial charge in [-0.1, -0.05) is 29.8 Å². The molecule has 0 radical (unpaired) electrons. The number of nitrogens with one attached hydrogen (secondary N) is 1. The van der Waals surface area contributed by atoms with Gasteiger partial charge >= 0.3 is 0 Å². The molecule has 0 saturated carbocycles. The summed E-state index contributed by atoms with van der Waals surface area (Å²) in [7, 11) is 0. The first kappa shape index (κ1) is 19.1. The van der Waals surface area contributed by atoms with Crippen LogP contribution in [-0.4, -0.2) is 14.2 Å². The first-order valence-corrected chi connectivity index (χ1v) is 9.34. The zero-order valence-corrected chi connectivity index (χ0v) is 16.4. The van der Waals surface area contributed by atoms with Gasteiger partial charge in [-0.05, 0) is 32.0 Å². The van der Waals surface area contributed by atoms with Crippen LogP contribution in [0.3, 0.4) is 0 Å². The van der Waals surface area contributed by atoms with Gasteiger partial charge < -0.3 is 5.32 Å². The first-order valence-electron chi connectivity index (χ1n) is 8.96. The molecule has 8 heteroatoms. The van der Waals surface area contributed by atoms with E-state index < -0.39 is 11.6 Å². The van der Waals surface area contributed by atoms with Crippen LogP contribution < -0.4 is 10.9 Å². The minimum absolute atomic E-state index is 0.101. The molecule has 0 aliphatic rings. The van der Waals surface area contributed by atoms with Gasteiger partial charge in [0.05, 0.1) is 29.3 Å². The molecule has 2 heterocycles. The van der Waals surface area contributed by atoms with Crippen molar-refractivity contribution in [2.45, 2.75) is 19.9 Å². The van der Waals surface area contributed by atoms with Crippen LogP contribution in [0, 0.1) is 11.6 Å². The Hall–Kier alpha value is -3.19. The summed E-state index contributed by atoms with van der Waals surface area (Å²) in [6.45, 7) is 3.76. The summed E-state index contributed by atoms with van der Waals surface area (Å²) in [4.78, 5) is 17.6. The average molecular weight is 415 g/mol. The summed E-state index contributed by atoms with van der Waals surface area (Å²) in [6.07, 6.45) is 3.13. The molecule has 0 fully saturated rings. The fourth-order valence-electron chi connectivity index (χ4n) is 3.26. The fraction of sp³-hybridized carbons (Fsp3) is 0.143. The lowest BCUT2D eigenvalue weighted by atomic mass is 10.1. The van der Waals surface area contributed by atoms with Gasteiger partial charge in [-0.3, -0.25) is 4.79 Å². The van der Waals surface area contributed by atoms with Crippen LogP contribution in [0.25, 0.3) is 16.8 Å². The number of benzene rings is 2. The number of rotatable bonds is 4. The standard InChI is InChI=1S/C21H17ClF2N4O/c1-12(2)28-21(29)19(15-5-3-4-6-16(15)22)20-25-10-14(11-27(20)28)26-18-8-7-13(23)9-17(18)24/h3-12,26H,1-2H3. The van der Waals surface area contributed by atoms with Crippen molar-refractivity contribution in [3.8, 4) is 11.1 Å². The summed E-state index contributed by atoms with van der Waals surface area (Å²) in [5.74, 6) is -1.39. The number of nitrogens with zero attached hydrogens (tertiary/aromatic N) is 3. The molecular weight excluding hydrogens is 398 g/mol. The largest absolute Gasteiger partial charge is 0.351 e. The molecular formula is C21H17ClF2N4O. The number of fused-ring (bicyclic) bond motifs is 1. The lowest BCUT2D eigenvalue weighted by molar-refractivity contribution is 0.488. The number of aromatic nitrogens is 3. The van der Waals surface area contributed by atoms with Crippen LogP contribution in [0.15, 0.2) is 59.7 Å². The molecule has 5 nitrogen and oxygen atoms in total. The smallest absolute Gasteiger partial charge is 0.277 e. The molecule has 0 spiro atoms. The molecule has 0 aliphatic carbocycles. The monoisotopic (exact) mass is 414 g/mol. The predicted octanol–water partition coefficient (Wildman–Crippen LogP) is 5.42. The Kier molecular flexibility index (Phi) is 4.84. The van der Waals surface area contributed by atoms with Crippen LogP contribution in [0.2, 0.25) is 5.02 Å². The van der Waals surface area contributed by atoms with Crippen LogP contribution in [0.1, 0.15) is 19.9 Å². The summed E-state index contributed by atoms with van der Waals surface area (Å²) in [5, 5.41) is 3.32. The molecule has 0 amide bonds.